The van der Waals surface area contributed by atoms with E-state index in [2.05, 4.69) is 0 Å². The zero-order chi connectivity index (χ0) is 7.72. The van der Waals surface area contributed by atoms with Crippen LogP contribution >= 0.6 is 0 Å². The fraction of sp³-hybridized carbons (Fsp3) is 0.143. The molecule has 3 heteroatoms. The summed E-state index contributed by atoms with van der Waals surface area (Å²) in [6.07, 6.45) is 0. The van der Waals surface area contributed by atoms with Gasteiger partial charge in [-0.25, -0.2) is 0 Å². The van der Waals surface area contributed by atoms with E-state index in [-0.39, 0.29) is 5.75 Å². The number of hydrogen-bond acceptors (Lipinski definition) is 3. The van der Waals surface area contributed by atoms with Crippen LogP contribution in [0.1, 0.15) is 5.56 Å². The van der Waals surface area contributed by atoms with Gasteiger partial charge in [0, 0.05) is 11.3 Å². The van der Waals surface area contributed by atoms with Crippen molar-refractivity contribution < 1.29 is 5.11 Å². The molecule has 0 aliphatic carbocycles. The molecule has 0 spiro atoms. The number of aromatic hydroxyl groups is 1. The van der Waals surface area contributed by atoms with E-state index in [4.69, 9.17) is 11.5 Å². The van der Waals surface area contributed by atoms with Crippen molar-refractivity contribution in [3.05, 3.63) is 17.7 Å². The third-order valence-electron chi connectivity index (χ3n) is 1.50. The molecule has 0 unspecified atom stereocenters. The van der Waals surface area contributed by atoms with Crippen LogP contribution in [0.3, 0.4) is 0 Å². The van der Waals surface area contributed by atoms with Gasteiger partial charge in [-0.15, -0.1) is 0 Å². The van der Waals surface area contributed by atoms with Gasteiger partial charge in [-0.1, -0.05) is 0 Å². The fourth-order valence-electron chi connectivity index (χ4n) is 0.737. The van der Waals surface area contributed by atoms with Crippen molar-refractivity contribution in [3.8, 4) is 5.75 Å². The van der Waals surface area contributed by atoms with Gasteiger partial charge in [0.2, 0.25) is 0 Å². The molecule has 0 atom stereocenters. The number of anilines is 2. The lowest BCUT2D eigenvalue weighted by molar-refractivity contribution is 0.474. The molecule has 0 aliphatic rings. The molecule has 1 aromatic carbocycles. The first-order valence-electron chi connectivity index (χ1n) is 2.96. The standard InChI is InChI=1S/C7H10N2O/c1-4-5(8)2-3-6(9)7(4)10/h2-3,10H,8-9H2,1H3. The van der Waals surface area contributed by atoms with Gasteiger partial charge in [-0.3, -0.25) is 0 Å². The van der Waals surface area contributed by atoms with Crippen molar-refractivity contribution in [2.45, 2.75) is 6.92 Å². The van der Waals surface area contributed by atoms with Crippen molar-refractivity contribution in [3.63, 3.8) is 0 Å². The Kier molecular flexibility index (Phi) is 1.41. The maximum absolute atomic E-state index is 9.18. The van der Waals surface area contributed by atoms with Gasteiger partial charge in [-0.05, 0) is 19.1 Å². The van der Waals surface area contributed by atoms with Gasteiger partial charge in [0.1, 0.15) is 5.75 Å². The predicted molar refractivity (Wildman–Crippen MR) is 41.7 cm³/mol. The average molecular weight is 138 g/mol. The normalized spacial score (nSPS) is 9.70. The maximum Gasteiger partial charge on any atom is 0.143 e. The number of phenolic OH excluding ortho intramolecular Hbond substituents is 1. The van der Waals surface area contributed by atoms with Crippen LogP contribution in [0.25, 0.3) is 0 Å². The van der Waals surface area contributed by atoms with Gasteiger partial charge >= 0.3 is 0 Å². The molecule has 0 heterocycles. The Hall–Kier alpha value is -1.38. The summed E-state index contributed by atoms with van der Waals surface area (Å²) in [6.45, 7) is 1.72. The second-order valence-corrected chi connectivity index (χ2v) is 2.22. The number of phenols is 1. The molecule has 0 bridgehead atoms. The molecule has 0 radical (unpaired) electrons. The minimum atomic E-state index is 0.0833. The van der Waals surface area contributed by atoms with Gasteiger partial charge in [0.15, 0.2) is 0 Å². The molecule has 3 nitrogen and oxygen atoms in total. The SMILES string of the molecule is Cc1c(N)ccc(N)c1O. The molecular weight excluding hydrogens is 128 g/mol. The first-order valence-corrected chi connectivity index (χ1v) is 2.96. The number of nitrogen functional groups attached to an aromatic ring is 2. The van der Waals surface area contributed by atoms with E-state index in [1.54, 1.807) is 19.1 Å². The average Bonchev–Trinajstić information content (AvgIpc) is 1.93. The Morgan fingerprint density at radius 2 is 1.70 bits per heavy atom. The number of benzene rings is 1. The Bertz CT molecular complexity index is 231. The fourth-order valence-corrected chi connectivity index (χ4v) is 0.737. The van der Waals surface area contributed by atoms with Crippen LogP contribution < -0.4 is 11.5 Å². The summed E-state index contributed by atoms with van der Waals surface area (Å²) in [5.41, 5.74) is 12.4. The van der Waals surface area contributed by atoms with E-state index < -0.39 is 0 Å². The van der Waals surface area contributed by atoms with Gasteiger partial charge in [0.25, 0.3) is 0 Å². The molecule has 10 heavy (non-hydrogen) atoms. The predicted octanol–water partition coefficient (Wildman–Crippen LogP) is 0.865. The monoisotopic (exact) mass is 138 g/mol. The highest BCUT2D eigenvalue weighted by Crippen LogP contribution is 2.27. The van der Waals surface area contributed by atoms with Crippen LogP contribution in [0.4, 0.5) is 11.4 Å². The van der Waals surface area contributed by atoms with E-state index in [1.165, 1.54) is 0 Å². The Morgan fingerprint density at radius 3 is 2.20 bits per heavy atom. The third kappa shape index (κ3) is 0.857. The number of hydrogen-bond donors (Lipinski definition) is 3. The maximum atomic E-state index is 9.18. The van der Waals surface area contributed by atoms with E-state index in [0.717, 1.165) is 0 Å². The molecule has 0 saturated carbocycles. The Balaban J connectivity index is 3.34. The van der Waals surface area contributed by atoms with Crippen molar-refractivity contribution in [1.82, 2.24) is 0 Å². The Labute approximate surface area is 59.3 Å². The number of nitrogens with two attached hydrogens (primary N) is 2. The van der Waals surface area contributed by atoms with Crippen LogP contribution in [0.5, 0.6) is 5.75 Å². The summed E-state index contributed by atoms with van der Waals surface area (Å²) in [4.78, 5) is 0. The van der Waals surface area contributed by atoms with Gasteiger partial charge < -0.3 is 16.6 Å². The zero-order valence-electron chi connectivity index (χ0n) is 5.76. The second-order valence-electron chi connectivity index (χ2n) is 2.22. The van der Waals surface area contributed by atoms with Crippen molar-refractivity contribution in [2.75, 3.05) is 11.5 Å². The molecule has 0 aromatic heterocycles. The largest absolute Gasteiger partial charge is 0.505 e. The molecule has 5 N–H and O–H groups in total. The van der Waals surface area contributed by atoms with Crippen molar-refractivity contribution >= 4 is 11.4 Å². The number of rotatable bonds is 0. The lowest BCUT2D eigenvalue weighted by atomic mass is 10.1. The molecular formula is C7H10N2O. The van der Waals surface area contributed by atoms with E-state index in [9.17, 15) is 5.11 Å². The summed E-state index contributed by atoms with van der Waals surface area (Å²) < 4.78 is 0. The molecule has 54 valence electrons. The topological polar surface area (TPSA) is 72.3 Å². The molecule has 0 aliphatic heterocycles. The van der Waals surface area contributed by atoms with Gasteiger partial charge in [-0.2, -0.15) is 0 Å². The quantitative estimate of drug-likeness (QED) is 0.368. The Morgan fingerprint density at radius 1 is 1.20 bits per heavy atom. The highest BCUT2D eigenvalue weighted by molar-refractivity contribution is 5.64. The van der Waals surface area contributed by atoms with E-state index >= 15 is 0 Å². The third-order valence-corrected chi connectivity index (χ3v) is 1.50. The van der Waals surface area contributed by atoms with Crippen LogP contribution in [0.15, 0.2) is 12.1 Å². The first-order chi connectivity index (χ1) is 4.63. The van der Waals surface area contributed by atoms with Crippen molar-refractivity contribution in [2.24, 2.45) is 0 Å². The highest BCUT2D eigenvalue weighted by atomic mass is 16.3. The molecule has 1 aromatic rings. The summed E-state index contributed by atoms with van der Waals surface area (Å²) in [5.74, 6) is 0.0833. The minimum absolute atomic E-state index is 0.0833. The van der Waals surface area contributed by atoms with Gasteiger partial charge in [0.05, 0.1) is 5.69 Å². The molecule has 0 amide bonds. The first kappa shape index (κ1) is 6.74. The van der Waals surface area contributed by atoms with Crippen LogP contribution in [-0.2, 0) is 0 Å². The van der Waals surface area contributed by atoms with Crippen LogP contribution in [-0.4, -0.2) is 5.11 Å². The molecule has 0 saturated heterocycles. The minimum Gasteiger partial charge on any atom is -0.505 e. The lowest BCUT2D eigenvalue weighted by Crippen LogP contribution is -1.93. The van der Waals surface area contributed by atoms with E-state index in [0.29, 0.717) is 16.9 Å². The summed E-state index contributed by atoms with van der Waals surface area (Å²) >= 11 is 0. The zero-order valence-corrected chi connectivity index (χ0v) is 5.76. The second kappa shape index (κ2) is 2.10. The summed E-state index contributed by atoms with van der Waals surface area (Å²) in [7, 11) is 0. The summed E-state index contributed by atoms with van der Waals surface area (Å²) in [5, 5.41) is 9.18. The highest BCUT2D eigenvalue weighted by Gasteiger charge is 2.02. The van der Waals surface area contributed by atoms with E-state index in [1.807, 2.05) is 0 Å². The smallest absolute Gasteiger partial charge is 0.143 e. The lowest BCUT2D eigenvalue weighted by Gasteiger charge is -2.04. The van der Waals surface area contributed by atoms with Crippen LogP contribution in [0.2, 0.25) is 0 Å². The summed E-state index contributed by atoms with van der Waals surface area (Å²) in [6, 6.07) is 3.25. The van der Waals surface area contributed by atoms with Crippen molar-refractivity contribution in [1.29, 1.82) is 0 Å². The molecule has 1 rings (SSSR count). The van der Waals surface area contributed by atoms with Crippen LogP contribution in [0, 0.1) is 6.92 Å². The molecule has 0 fully saturated rings.